The van der Waals surface area contributed by atoms with Crippen LogP contribution in [-0.2, 0) is 6.54 Å². The van der Waals surface area contributed by atoms with Gasteiger partial charge in [0.25, 0.3) is 0 Å². The number of nitrogens with one attached hydrogen (secondary N) is 1. The molecule has 1 N–H and O–H groups in total. The van der Waals surface area contributed by atoms with E-state index in [9.17, 15) is 4.79 Å². The number of rotatable bonds is 4. The lowest BCUT2D eigenvalue weighted by molar-refractivity contribution is 0.650. The molecule has 0 atom stereocenters. The molecule has 1 saturated carbocycles. The molecule has 2 aromatic rings. The van der Waals surface area contributed by atoms with Crippen molar-refractivity contribution in [1.29, 1.82) is 0 Å². The van der Waals surface area contributed by atoms with Crippen LogP contribution in [0.15, 0.2) is 29.6 Å². The van der Waals surface area contributed by atoms with Crippen LogP contribution in [-0.4, -0.2) is 26.1 Å². The van der Waals surface area contributed by atoms with E-state index in [4.69, 9.17) is 0 Å². The van der Waals surface area contributed by atoms with Gasteiger partial charge in [-0.3, -0.25) is 14.1 Å². The van der Waals surface area contributed by atoms with Crippen LogP contribution < -0.4 is 11.0 Å². The van der Waals surface area contributed by atoms with E-state index < -0.39 is 0 Å². The van der Waals surface area contributed by atoms with Crippen LogP contribution in [0.25, 0.3) is 0 Å². The maximum atomic E-state index is 12.0. The summed E-state index contributed by atoms with van der Waals surface area (Å²) in [4.78, 5) is 20.5. The number of hydrogen-bond donors (Lipinski definition) is 1. The minimum absolute atomic E-state index is 0.0389. The Hall–Kier alpha value is -2.11. The Bertz CT molecular complexity index is 594. The van der Waals surface area contributed by atoms with Crippen LogP contribution >= 0.6 is 0 Å². The molecule has 2 heterocycles. The van der Waals surface area contributed by atoms with E-state index in [0.717, 1.165) is 24.4 Å². The molecular formula is C12H15N5O. The van der Waals surface area contributed by atoms with Crippen molar-refractivity contribution in [1.82, 2.24) is 19.1 Å². The SMILES string of the molecule is CNc1cnc(Cn2ccn(C3CC3)c2=O)cn1. The summed E-state index contributed by atoms with van der Waals surface area (Å²) >= 11 is 0. The zero-order valence-electron chi connectivity index (χ0n) is 10.2. The monoisotopic (exact) mass is 245 g/mol. The molecule has 0 bridgehead atoms. The predicted octanol–water partition coefficient (Wildman–Crippen LogP) is 0.865. The van der Waals surface area contributed by atoms with Crippen molar-refractivity contribution in [2.45, 2.75) is 25.4 Å². The van der Waals surface area contributed by atoms with E-state index in [-0.39, 0.29) is 5.69 Å². The van der Waals surface area contributed by atoms with Crippen molar-refractivity contribution < 1.29 is 0 Å². The first-order chi connectivity index (χ1) is 8.78. The van der Waals surface area contributed by atoms with E-state index >= 15 is 0 Å². The lowest BCUT2D eigenvalue weighted by Gasteiger charge is -2.02. The minimum atomic E-state index is 0.0389. The minimum Gasteiger partial charge on any atom is -0.372 e. The van der Waals surface area contributed by atoms with E-state index in [1.54, 1.807) is 28.6 Å². The zero-order valence-corrected chi connectivity index (χ0v) is 10.2. The van der Waals surface area contributed by atoms with Crippen molar-refractivity contribution in [3.8, 4) is 0 Å². The second-order valence-electron chi connectivity index (χ2n) is 4.49. The molecule has 1 aliphatic rings. The highest BCUT2D eigenvalue weighted by Gasteiger charge is 2.25. The molecule has 94 valence electrons. The number of anilines is 1. The summed E-state index contributed by atoms with van der Waals surface area (Å²) < 4.78 is 3.47. The summed E-state index contributed by atoms with van der Waals surface area (Å²) in [7, 11) is 1.80. The molecule has 3 rings (SSSR count). The molecule has 0 unspecified atom stereocenters. The Balaban J connectivity index is 1.81. The van der Waals surface area contributed by atoms with Crippen LogP contribution in [0, 0.1) is 0 Å². The van der Waals surface area contributed by atoms with E-state index in [1.165, 1.54) is 0 Å². The molecule has 6 heteroatoms. The normalized spacial score (nSPS) is 14.7. The fourth-order valence-electron chi connectivity index (χ4n) is 1.92. The third kappa shape index (κ3) is 2.01. The van der Waals surface area contributed by atoms with Gasteiger partial charge in [0.15, 0.2) is 0 Å². The molecular weight excluding hydrogens is 230 g/mol. The summed E-state index contributed by atoms with van der Waals surface area (Å²) in [5, 5.41) is 2.91. The van der Waals surface area contributed by atoms with Gasteiger partial charge in [0.05, 0.1) is 24.6 Å². The summed E-state index contributed by atoms with van der Waals surface area (Å²) in [6.07, 6.45) is 9.25. The van der Waals surface area contributed by atoms with E-state index in [0.29, 0.717) is 12.6 Å². The third-order valence-electron chi connectivity index (χ3n) is 3.11. The van der Waals surface area contributed by atoms with Crippen molar-refractivity contribution in [2.75, 3.05) is 12.4 Å². The zero-order chi connectivity index (χ0) is 12.5. The Kier molecular flexibility index (Phi) is 2.62. The lowest BCUT2D eigenvalue weighted by atomic mass is 10.4. The molecule has 6 nitrogen and oxygen atoms in total. The highest BCUT2D eigenvalue weighted by atomic mass is 16.1. The van der Waals surface area contributed by atoms with Crippen molar-refractivity contribution in [2.24, 2.45) is 0 Å². The van der Waals surface area contributed by atoms with Crippen LogP contribution in [0.2, 0.25) is 0 Å². The van der Waals surface area contributed by atoms with Gasteiger partial charge in [0.1, 0.15) is 5.82 Å². The maximum absolute atomic E-state index is 12.0. The van der Waals surface area contributed by atoms with Gasteiger partial charge in [-0.05, 0) is 12.8 Å². The predicted molar refractivity (Wildman–Crippen MR) is 67.6 cm³/mol. The number of aromatic nitrogens is 4. The number of imidazole rings is 1. The third-order valence-corrected chi connectivity index (χ3v) is 3.11. The highest BCUT2D eigenvalue weighted by molar-refractivity contribution is 5.29. The van der Waals surface area contributed by atoms with Crippen LogP contribution in [0.4, 0.5) is 5.82 Å². The molecule has 0 radical (unpaired) electrons. The van der Waals surface area contributed by atoms with Gasteiger partial charge in [-0.25, -0.2) is 9.78 Å². The molecule has 1 aliphatic carbocycles. The number of nitrogens with zero attached hydrogens (tertiary/aromatic N) is 4. The summed E-state index contributed by atoms with van der Waals surface area (Å²) in [6.45, 7) is 0.468. The largest absolute Gasteiger partial charge is 0.372 e. The van der Waals surface area contributed by atoms with Gasteiger partial charge in [0.2, 0.25) is 0 Å². The average Bonchev–Trinajstić information content (AvgIpc) is 3.17. The average molecular weight is 245 g/mol. The van der Waals surface area contributed by atoms with Crippen molar-refractivity contribution >= 4 is 5.82 Å². The molecule has 0 spiro atoms. The van der Waals surface area contributed by atoms with Gasteiger partial charge in [-0.1, -0.05) is 0 Å². The van der Waals surface area contributed by atoms with Gasteiger partial charge in [-0.15, -0.1) is 0 Å². The Morgan fingerprint density at radius 1 is 1.33 bits per heavy atom. The summed E-state index contributed by atoms with van der Waals surface area (Å²) in [6, 6.07) is 0.413. The molecule has 0 aromatic carbocycles. The second-order valence-corrected chi connectivity index (χ2v) is 4.49. The van der Waals surface area contributed by atoms with Crippen LogP contribution in [0.1, 0.15) is 24.6 Å². The molecule has 2 aromatic heterocycles. The Morgan fingerprint density at radius 2 is 2.17 bits per heavy atom. The van der Waals surface area contributed by atoms with Gasteiger partial charge in [-0.2, -0.15) is 0 Å². The van der Waals surface area contributed by atoms with Crippen LogP contribution in [0.3, 0.4) is 0 Å². The molecule has 0 saturated heterocycles. The first-order valence-electron chi connectivity index (χ1n) is 6.04. The lowest BCUT2D eigenvalue weighted by Crippen LogP contribution is -2.24. The van der Waals surface area contributed by atoms with E-state index in [2.05, 4.69) is 15.3 Å². The first-order valence-corrected chi connectivity index (χ1v) is 6.04. The fourth-order valence-corrected chi connectivity index (χ4v) is 1.92. The number of hydrogen-bond acceptors (Lipinski definition) is 4. The summed E-state index contributed by atoms with van der Waals surface area (Å²) in [5.41, 5.74) is 0.821. The van der Waals surface area contributed by atoms with Crippen LogP contribution in [0.5, 0.6) is 0 Å². The standard InChI is InChI=1S/C12H15N5O/c1-13-11-7-14-9(6-15-11)8-16-4-5-17(12(16)18)10-2-3-10/h4-7,10H,2-3,8H2,1H3,(H,13,15). The topological polar surface area (TPSA) is 64.7 Å². The molecule has 0 amide bonds. The Morgan fingerprint density at radius 3 is 2.78 bits per heavy atom. The summed E-state index contributed by atoms with van der Waals surface area (Å²) in [5.74, 6) is 0.724. The molecule has 0 aliphatic heterocycles. The molecule has 1 fully saturated rings. The quantitative estimate of drug-likeness (QED) is 0.868. The first kappa shape index (κ1) is 11.0. The second kappa shape index (κ2) is 4.29. The van der Waals surface area contributed by atoms with E-state index in [1.807, 2.05) is 12.4 Å². The Labute approximate surface area is 104 Å². The maximum Gasteiger partial charge on any atom is 0.328 e. The highest BCUT2D eigenvalue weighted by Crippen LogP contribution is 2.33. The van der Waals surface area contributed by atoms with Gasteiger partial charge in [0, 0.05) is 25.5 Å². The van der Waals surface area contributed by atoms with Crippen molar-refractivity contribution in [3.05, 3.63) is 41.0 Å². The fraction of sp³-hybridized carbons (Fsp3) is 0.417. The smallest absolute Gasteiger partial charge is 0.328 e. The molecule has 18 heavy (non-hydrogen) atoms. The van der Waals surface area contributed by atoms with Gasteiger partial charge < -0.3 is 5.32 Å². The van der Waals surface area contributed by atoms with Crippen molar-refractivity contribution in [3.63, 3.8) is 0 Å². The van der Waals surface area contributed by atoms with Gasteiger partial charge >= 0.3 is 5.69 Å².